The maximum atomic E-state index is 13.1. The summed E-state index contributed by atoms with van der Waals surface area (Å²) in [5, 5.41) is 6.83. The molecule has 1 saturated carbocycles. The molecule has 1 aliphatic carbocycles. The molecule has 3 heterocycles. The smallest absolute Gasteiger partial charge is 0.137 e. The van der Waals surface area contributed by atoms with E-state index in [-0.39, 0.29) is 5.82 Å². The van der Waals surface area contributed by atoms with Gasteiger partial charge in [-0.2, -0.15) is 0 Å². The van der Waals surface area contributed by atoms with Crippen molar-refractivity contribution in [1.82, 2.24) is 4.90 Å². The molecule has 0 bridgehead atoms. The predicted octanol–water partition coefficient (Wildman–Crippen LogP) is 4.40. The first-order valence-electron chi connectivity index (χ1n) is 9.90. The Kier molecular flexibility index (Phi) is 4.61. The van der Waals surface area contributed by atoms with Crippen LogP contribution in [0.15, 0.2) is 40.7 Å². The van der Waals surface area contributed by atoms with E-state index in [0.717, 1.165) is 23.0 Å². The normalized spacial score (nSPS) is 21.1. The van der Waals surface area contributed by atoms with E-state index < -0.39 is 0 Å². The summed E-state index contributed by atoms with van der Waals surface area (Å²) in [7, 11) is 0. The second-order valence-electron chi connectivity index (χ2n) is 7.86. The number of hydrogen-bond donors (Lipinski definition) is 1. The van der Waals surface area contributed by atoms with Crippen LogP contribution in [0.5, 0.6) is 0 Å². The van der Waals surface area contributed by atoms with E-state index in [9.17, 15) is 4.39 Å². The number of amidine groups is 1. The van der Waals surface area contributed by atoms with Crippen molar-refractivity contribution in [2.75, 3.05) is 36.5 Å². The van der Waals surface area contributed by atoms with Crippen LogP contribution in [0.25, 0.3) is 0 Å². The molecule has 1 saturated heterocycles. The average molecular weight is 385 g/mol. The SMILES string of the molecule is Fc1ccc(NC2=NCN(C3CCN(CC4CC4)CC3)c3sccc32)cc1. The zero-order valence-electron chi connectivity index (χ0n) is 15.4. The minimum absolute atomic E-state index is 0.221. The van der Waals surface area contributed by atoms with E-state index in [1.54, 1.807) is 23.5 Å². The fraction of sp³-hybridized carbons (Fsp3) is 0.476. The zero-order chi connectivity index (χ0) is 18.2. The summed E-state index contributed by atoms with van der Waals surface area (Å²) < 4.78 is 13.1. The zero-order valence-corrected chi connectivity index (χ0v) is 16.2. The van der Waals surface area contributed by atoms with Crippen LogP contribution >= 0.6 is 11.3 Å². The van der Waals surface area contributed by atoms with Crippen LogP contribution in [0.3, 0.4) is 0 Å². The summed E-state index contributed by atoms with van der Waals surface area (Å²) >= 11 is 1.80. The Bertz CT molecular complexity index is 819. The molecule has 1 aromatic carbocycles. The molecule has 2 aromatic rings. The Morgan fingerprint density at radius 3 is 2.59 bits per heavy atom. The van der Waals surface area contributed by atoms with Gasteiger partial charge in [0.05, 0.1) is 5.56 Å². The molecule has 6 heteroatoms. The van der Waals surface area contributed by atoms with Gasteiger partial charge in [-0.25, -0.2) is 9.38 Å². The highest BCUT2D eigenvalue weighted by atomic mass is 32.1. The number of nitrogens with one attached hydrogen (secondary N) is 1. The Morgan fingerprint density at radius 2 is 1.85 bits per heavy atom. The average Bonchev–Trinajstić information content (AvgIpc) is 3.36. The van der Waals surface area contributed by atoms with Crippen LogP contribution in [-0.4, -0.2) is 43.1 Å². The van der Waals surface area contributed by atoms with Crippen LogP contribution in [0.1, 0.15) is 31.2 Å². The highest BCUT2D eigenvalue weighted by Gasteiger charge is 2.32. The summed E-state index contributed by atoms with van der Waals surface area (Å²) in [6, 6.07) is 9.18. The van der Waals surface area contributed by atoms with Crippen molar-refractivity contribution in [2.45, 2.75) is 31.7 Å². The van der Waals surface area contributed by atoms with Crippen LogP contribution in [-0.2, 0) is 0 Å². The number of halogens is 1. The van der Waals surface area contributed by atoms with Gasteiger partial charge in [0, 0.05) is 31.4 Å². The van der Waals surface area contributed by atoms with Crippen LogP contribution in [0.4, 0.5) is 15.1 Å². The summed E-state index contributed by atoms with van der Waals surface area (Å²) in [6.07, 6.45) is 5.31. The molecule has 2 fully saturated rings. The fourth-order valence-electron chi connectivity index (χ4n) is 4.14. The summed E-state index contributed by atoms with van der Waals surface area (Å²) in [5.74, 6) is 1.65. The highest BCUT2D eigenvalue weighted by Crippen LogP contribution is 2.36. The largest absolute Gasteiger partial charge is 0.340 e. The van der Waals surface area contributed by atoms with Crippen molar-refractivity contribution >= 4 is 27.9 Å². The Balaban J connectivity index is 1.27. The van der Waals surface area contributed by atoms with E-state index in [4.69, 9.17) is 4.99 Å². The van der Waals surface area contributed by atoms with Gasteiger partial charge in [0.15, 0.2) is 0 Å². The van der Waals surface area contributed by atoms with Gasteiger partial charge in [-0.3, -0.25) is 0 Å². The number of hydrogen-bond acceptors (Lipinski definition) is 5. The standard InChI is InChI=1S/C21H25FN4S/c22-16-3-5-17(6-4-16)24-20-19-9-12-27-21(19)26(14-23-20)18-7-10-25(11-8-18)13-15-1-2-15/h3-6,9,12,15,18H,1-2,7-8,10-11,13-14H2,(H,23,24). The summed E-state index contributed by atoms with van der Waals surface area (Å²) in [6.45, 7) is 4.43. The monoisotopic (exact) mass is 384 g/mol. The lowest BCUT2D eigenvalue weighted by atomic mass is 10.0. The topological polar surface area (TPSA) is 30.9 Å². The van der Waals surface area contributed by atoms with Crippen molar-refractivity contribution in [3.05, 3.63) is 47.1 Å². The summed E-state index contributed by atoms with van der Waals surface area (Å²) in [4.78, 5) is 9.97. The molecular weight excluding hydrogens is 359 g/mol. The van der Waals surface area contributed by atoms with E-state index in [2.05, 4.69) is 26.6 Å². The quantitative estimate of drug-likeness (QED) is 0.848. The first-order chi connectivity index (χ1) is 13.3. The number of benzene rings is 1. The molecular formula is C21H25FN4S. The van der Waals surface area contributed by atoms with Gasteiger partial charge in [0.1, 0.15) is 23.3 Å². The first kappa shape index (κ1) is 17.2. The molecule has 0 spiro atoms. The van der Waals surface area contributed by atoms with Crippen molar-refractivity contribution in [2.24, 2.45) is 10.9 Å². The second kappa shape index (κ2) is 7.24. The van der Waals surface area contributed by atoms with E-state index in [0.29, 0.717) is 12.7 Å². The molecule has 0 atom stereocenters. The molecule has 3 aliphatic rings. The minimum Gasteiger partial charge on any atom is -0.340 e. The van der Waals surface area contributed by atoms with Crippen molar-refractivity contribution in [1.29, 1.82) is 0 Å². The lowest BCUT2D eigenvalue weighted by molar-refractivity contribution is 0.202. The van der Waals surface area contributed by atoms with Crippen molar-refractivity contribution in [3.63, 3.8) is 0 Å². The van der Waals surface area contributed by atoms with Crippen LogP contribution < -0.4 is 10.2 Å². The van der Waals surface area contributed by atoms with E-state index in [1.165, 1.54) is 62.5 Å². The molecule has 4 nitrogen and oxygen atoms in total. The lowest BCUT2D eigenvalue weighted by Gasteiger charge is -2.40. The van der Waals surface area contributed by atoms with Gasteiger partial charge in [0.25, 0.3) is 0 Å². The molecule has 27 heavy (non-hydrogen) atoms. The third-order valence-corrected chi connectivity index (χ3v) is 6.81. The van der Waals surface area contributed by atoms with Crippen molar-refractivity contribution in [3.8, 4) is 0 Å². The Morgan fingerprint density at radius 1 is 1.07 bits per heavy atom. The lowest BCUT2D eigenvalue weighted by Crippen LogP contribution is -2.47. The van der Waals surface area contributed by atoms with Gasteiger partial charge in [-0.05, 0) is 67.3 Å². The van der Waals surface area contributed by atoms with E-state index >= 15 is 0 Å². The summed E-state index contributed by atoms with van der Waals surface area (Å²) in [5.41, 5.74) is 2.03. The maximum Gasteiger partial charge on any atom is 0.137 e. The molecule has 0 unspecified atom stereocenters. The fourth-order valence-corrected chi connectivity index (χ4v) is 5.10. The molecule has 1 N–H and O–H groups in total. The number of likely N-dealkylation sites (tertiary alicyclic amines) is 1. The molecule has 1 aromatic heterocycles. The van der Waals surface area contributed by atoms with Gasteiger partial charge in [-0.15, -0.1) is 11.3 Å². The third-order valence-electron chi connectivity index (χ3n) is 5.86. The molecule has 0 amide bonds. The van der Waals surface area contributed by atoms with E-state index in [1.807, 2.05) is 0 Å². The molecule has 2 aliphatic heterocycles. The minimum atomic E-state index is -0.221. The van der Waals surface area contributed by atoms with Gasteiger partial charge >= 0.3 is 0 Å². The first-order valence-corrected chi connectivity index (χ1v) is 10.8. The number of nitrogens with zero attached hydrogens (tertiary/aromatic N) is 3. The Hall–Kier alpha value is -1.92. The number of aliphatic imine (C=N–C) groups is 1. The number of piperidine rings is 1. The second-order valence-corrected chi connectivity index (χ2v) is 8.76. The molecule has 0 radical (unpaired) electrons. The third kappa shape index (κ3) is 3.73. The number of rotatable bonds is 4. The maximum absolute atomic E-state index is 13.1. The molecule has 5 rings (SSSR count). The van der Waals surface area contributed by atoms with Gasteiger partial charge < -0.3 is 15.1 Å². The van der Waals surface area contributed by atoms with Gasteiger partial charge in [0.2, 0.25) is 0 Å². The van der Waals surface area contributed by atoms with Gasteiger partial charge in [-0.1, -0.05) is 0 Å². The number of thiophene rings is 1. The van der Waals surface area contributed by atoms with Crippen LogP contribution in [0.2, 0.25) is 0 Å². The van der Waals surface area contributed by atoms with Crippen molar-refractivity contribution < 1.29 is 4.39 Å². The number of anilines is 2. The highest BCUT2D eigenvalue weighted by molar-refractivity contribution is 7.14. The van der Waals surface area contributed by atoms with Crippen LogP contribution in [0, 0.1) is 11.7 Å². The number of fused-ring (bicyclic) bond motifs is 1. The predicted molar refractivity (Wildman–Crippen MR) is 110 cm³/mol. The molecule has 142 valence electrons. The Labute approximate surface area is 163 Å².